The van der Waals surface area contributed by atoms with E-state index in [9.17, 15) is 0 Å². The lowest BCUT2D eigenvalue weighted by Crippen LogP contribution is -1.94. The summed E-state index contributed by atoms with van der Waals surface area (Å²) in [5, 5.41) is 0.654. The summed E-state index contributed by atoms with van der Waals surface area (Å²) in [6, 6.07) is 1.80. The maximum atomic E-state index is 6.05. The number of hydrogen-bond donors (Lipinski definition) is 0. The topological polar surface area (TPSA) is 18.5 Å². The average molecular weight is 201 g/mol. The molecule has 0 fully saturated rings. The molecular formula is C10H13ClO2. The van der Waals surface area contributed by atoms with E-state index in [2.05, 4.69) is 0 Å². The van der Waals surface area contributed by atoms with Crippen molar-refractivity contribution in [2.24, 2.45) is 0 Å². The summed E-state index contributed by atoms with van der Waals surface area (Å²) in [6.07, 6.45) is 0. The van der Waals surface area contributed by atoms with Gasteiger partial charge in [-0.05, 0) is 25.0 Å². The summed E-state index contributed by atoms with van der Waals surface area (Å²) in [7, 11) is 3.23. The fourth-order valence-electron chi connectivity index (χ4n) is 1.19. The molecule has 0 N–H and O–H groups in total. The maximum Gasteiger partial charge on any atom is 0.141 e. The van der Waals surface area contributed by atoms with Crippen LogP contribution in [0.1, 0.15) is 11.1 Å². The monoisotopic (exact) mass is 200 g/mol. The van der Waals surface area contributed by atoms with E-state index in [1.54, 1.807) is 20.3 Å². The highest BCUT2D eigenvalue weighted by atomic mass is 35.5. The minimum absolute atomic E-state index is 0.654. The second-order valence-electron chi connectivity index (χ2n) is 2.85. The molecule has 2 nitrogen and oxygen atoms in total. The molecule has 0 bridgehead atoms. The third kappa shape index (κ3) is 1.73. The van der Waals surface area contributed by atoms with Gasteiger partial charge in [0.1, 0.15) is 11.5 Å². The van der Waals surface area contributed by atoms with Gasteiger partial charge in [0.15, 0.2) is 0 Å². The van der Waals surface area contributed by atoms with Crippen molar-refractivity contribution in [3.63, 3.8) is 0 Å². The maximum absolute atomic E-state index is 6.05. The molecule has 1 aromatic carbocycles. The Balaban J connectivity index is 3.36. The van der Waals surface area contributed by atoms with E-state index in [4.69, 9.17) is 21.1 Å². The largest absolute Gasteiger partial charge is 0.496 e. The molecule has 0 aliphatic rings. The lowest BCUT2D eigenvalue weighted by Gasteiger charge is -2.12. The van der Waals surface area contributed by atoms with E-state index in [0.29, 0.717) is 10.8 Å². The number of rotatable bonds is 2. The van der Waals surface area contributed by atoms with Gasteiger partial charge in [-0.1, -0.05) is 11.6 Å². The van der Waals surface area contributed by atoms with Crippen molar-refractivity contribution >= 4 is 11.6 Å². The van der Waals surface area contributed by atoms with Crippen LogP contribution in [0.25, 0.3) is 0 Å². The van der Waals surface area contributed by atoms with Gasteiger partial charge in [0.25, 0.3) is 0 Å². The molecule has 1 rings (SSSR count). The Morgan fingerprint density at radius 1 is 1.00 bits per heavy atom. The van der Waals surface area contributed by atoms with E-state index in [1.807, 2.05) is 13.8 Å². The van der Waals surface area contributed by atoms with Crippen LogP contribution in [-0.2, 0) is 0 Å². The predicted molar refractivity (Wildman–Crippen MR) is 54.0 cm³/mol. The van der Waals surface area contributed by atoms with Crippen molar-refractivity contribution in [1.82, 2.24) is 0 Å². The fourth-order valence-corrected chi connectivity index (χ4v) is 1.46. The molecule has 0 unspecified atom stereocenters. The third-order valence-corrected chi connectivity index (χ3v) is 2.65. The smallest absolute Gasteiger partial charge is 0.141 e. The Kier molecular flexibility index (Phi) is 3.04. The van der Waals surface area contributed by atoms with Crippen molar-refractivity contribution in [2.75, 3.05) is 14.2 Å². The van der Waals surface area contributed by atoms with Gasteiger partial charge < -0.3 is 9.47 Å². The quantitative estimate of drug-likeness (QED) is 0.731. The summed E-state index contributed by atoms with van der Waals surface area (Å²) in [4.78, 5) is 0. The van der Waals surface area contributed by atoms with Gasteiger partial charge in [0, 0.05) is 6.07 Å². The van der Waals surface area contributed by atoms with E-state index >= 15 is 0 Å². The Labute approximate surface area is 83.4 Å². The summed E-state index contributed by atoms with van der Waals surface area (Å²) in [5.41, 5.74) is 2.05. The summed E-state index contributed by atoms with van der Waals surface area (Å²) in [6.45, 7) is 3.92. The van der Waals surface area contributed by atoms with Gasteiger partial charge in [-0.15, -0.1) is 0 Å². The zero-order valence-corrected chi connectivity index (χ0v) is 9.03. The van der Waals surface area contributed by atoms with E-state index < -0.39 is 0 Å². The normalized spacial score (nSPS) is 9.92. The third-order valence-electron chi connectivity index (χ3n) is 2.18. The highest BCUT2D eigenvalue weighted by molar-refractivity contribution is 6.33. The summed E-state index contributed by atoms with van der Waals surface area (Å²) in [5.74, 6) is 1.46. The average Bonchev–Trinajstić information content (AvgIpc) is 2.15. The molecule has 0 aromatic heterocycles. The van der Waals surface area contributed by atoms with Gasteiger partial charge >= 0.3 is 0 Å². The van der Waals surface area contributed by atoms with Crippen LogP contribution in [0.15, 0.2) is 6.07 Å². The van der Waals surface area contributed by atoms with Crippen molar-refractivity contribution in [2.45, 2.75) is 13.8 Å². The molecule has 0 amide bonds. The van der Waals surface area contributed by atoms with Crippen LogP contribution < -0.4 is 9.47 Å². The molecule has 72 valence electrons. The van der Waals surface area contributed by atoms with Crippen molar-refractivity contribution in [3.05, 3.63) is 22.2 Å². The van der Waals surface area contributed by atoms with Crippen LogP contribution in [0.3, 0.4) is 0 Å². The zero-order valence-electron chi connectivity index (χ0n) is 8.27. The number of ether oxygens (including phenoxy) is 2. The molecule has 0 heterocycles. The molecule has 0 saturated heterocycles. The van der Waals surface area contributed by atoms with E-state index in [0.717, 1.165) is 16.9 Å². The lowest BCUT2D eigenvalue weighted by molar-refractivity contribution is 0.392. The number of methoxy groups -OCH3 is 2. The first-order valence-electron chi connectivity index (χ1n) is 3.99. The van der Waals surface area contributed by atoms with Gasteiger partial charge in [-0.3, -0.25) is 0 Å². The molecule has 0 aliphatic heterocycles. The molecular weight excluding hydrogens is 188 g/mol. The predicted octanol–water partition coefficient (Wildman–Crippen LogP) is 2.97. The molecule has 0 radical (unpaired) electrons. The van der Waals surface area contributed by atoms with Crippen LogP contribution in [-0.4, -0.2) is 14.2 Å². The molecule has 1 aromatic rings. The Morgan fingerprint density at radius 3 is 2.00 bits per heavy atom. The molecule has 0 aliphatic carbocycles. The first kappa shape index (κ1) is 10.2. The standard InChI is InChI=1S/C10H13ClO2/c1-6-7(2)10(11)9(13-4)5-8(6)12-3/h5H,1-4H3. The van der Waals surface area contributed by atoms with Crippen LogP contribution in [0, 0.1) is 13.8 Å². The fraction of sp³-hybridized carbons (Fsp3) is 0.400. The molecule has 0 saturated carbocycles. The first-order valence-corrected chi connectivity index (χ1v) is 4.37. The minimum atomic E-state index is 0.654. The Morgan fingerprint density at radius 2 is 1.54 bits per heavy atom. The van der Waals surface area contributed by atoms with Gasteiger partial charge in [-0.25, -0.2) is 0 Å². The highest BCUT2D eigenvalue weighted by Crippen LogP contribution is 2.35. The van der Waals surface area contributed by atoms with Crippen LogP contribution in [0.4, 0.5) is 0 Å². The summed E-state index contributed by atoms with van der Waals surface area (Å²) >= 11 is 6.05. The molecule has 0 atom stereocenters. The van der Waals surface area contributed by atoms with Crippen LogP contribution in [0.5, 0.6) is 11.5 Å². The molecule has 0 spiro atoms. The molecule has 13 heavy (non-hydrogen) atoms. The number of hydrogen-bond acceptors (Lipinski definition) is 2. The van der Waals surface area contributed by atoms with Crippen molar-refractivity contribution in [1.29, 1.82) is 0 Å². The number of benzene rings is 1. The number of halogens is 1. The second kappa shape index (κ2) is 3.88. The van der Waals surface area contributed by atoms with Crippen molar-refractivity contribution < 1.29 is 9.47 Å². The summed E-state index contributed by atoms with van der Waals surface area (Å²) < 4.78 is 10.3. The Bertz CT molecular complexity index is 293. The second-order valence-corrected chi connectivity index (χ2v) is 3.22. The Hall–Kier alpha value is -0.890. The van der Waals surface area contributed by atoms with Crippen molar-refractivity contribution in [3.8, 4) is 11.5 Å². The SMILES string of the molecule is COc1cc(OC)c(Cl)c(C)c1C. The van der Waals surface area contributed by atoms with E-state index in [1.165, 1.54) is 0 Å². The minimum Gasteiger partial charge on any atom is -0.496 e. The van der Waals surface area contributed by atoms with E-state index in [-0.39, 0.29) is 0 Å². The molecule has 3 heteroatoms. The first-order chi connectivity index (χ1) is 6.11. The van der Waals surface area contributed by atoms with Crippen LogP contribution in [0.2, 0.25) is 5.02 Å². The van der Waals surface area contributed by atoms with Crippen LogP contribution >= 0.6 is 11.6 Å². The van der Waals surface area contributed by atoms with Gasteiger partial charge in [-0.2, -0.15) is 0 Å². The zero-order chi connectivity index (χ0) is 10.0. The van der Waals surface area contributed by atoms with Gasteiger partial charge in [0.2, 0.25) is 0 Å². The highest BCUT2D eigenvalue weighted by Gasteiger charge is 2.11. The lowest BCUT2D eigenvalue weighted by atomic mass is 10.1. The van der Waals surface area contributed by atoms with Gasteiger partial charge in [0.05, 0.1) is 19.2 Å².